The van der Waals surface area contributed by atoms with Gasteiger partial charge in [-0.15, -0.1) is 0 Å². The third-order valence-corrected chi connectivity index (χ3v) is 2.04. The van der Waals surface area contributed by atoms with Crippen molar-refractivity contribution in [1.82, 2.24) is 5.32 Å². The van der Waals surface area contributed by atoms with Crippen molar-refractivity contribution in [3.05, 3.63) is 41.6 Å². The summed E-state index contributed by atoms with van der Waals surface area (Å²) in [4.78, 5) is 23.1. The van der Waals surface area contributed by atoms with Crippen LogP contribution in [-0.4, -0.2) is 17.5 Å². The summed E-state index contributed by atoms with van der Waals surface area (Å²) in [5.41, 5.74) is 0.344. The fourth-order valence-corrected chi connectivity index (χ4v) is 1.38. The van der Waals surface area contributed by atoms with Gasteiger partial charge in [0.15, 0.2) is 0 Å². The number of rotatable bonds is 3. The smallest absolute Gasteiger partial charge is 0.355 e. The Balaban J connectivity index is 2.98. The lowest BCUT2D eigenvalue weighted by Crippen LogP contribution is -2.31. The van der Waals surface area contributed by atoms with Gasteiger partial charge in [0, 0.05) is 6.92 Å². The molecule has 0 unspecified atom stereocenters. The number of carbonyl (C=O) groups excluding carboxylic acids is 2. The van der Waals surface area contributed by atoms with E-state index in [9.17, 15) is 9.59 Å². The standard InChI is InChI=1S/C15H19NO3/c1-11(17)16-13(14(18)19-15(2,3)4)10-12-8-6-5-7-9-12/h5-10H,1-4H3,(H,16,17)/b13-10-. The van der Waals surface area contributed by atoms with Gasteiger partial charge in [-0.2, -0.15) is 0 Å². The maximum Gasteiger partial charge on any atom is 0.355 e. The molecule has 0 radical (unpaired) electrons. The topological polar surface area (TPSA) is 55.4 Å². The average Bonchev–Trinajstić information content (AvgIpc) is 2.26. The second-order valence-electron chi connectivity index (χ2n) is 5.15. The molecular formula is C15H19NO3. The first-order valence-corrected chi connectivity index (χ1v) is 6.05. The van der Waals surface area contributed by atoms with Gasteiger partial charge in [0.2, 0.25) is 5.91 Å². The van der Waals surface area contributed by atoms with Crippen molar-refractivity contribution in [1.29, 1.82) is 0 Å². The van der Waals surface area contributed by atoms with Crippen LogP contribution in [0.25, 0.3) is 6.08 Å². The van der Waals surface area contributed by atoms with Crippen molar-refractivity contribution < 1.29 is 14.3 Å². The number of hydrogen-bond acceptors (Lipinski definition) is 3. The summed E-state index contributed by atoms with van der Waals surface area (Å²) in [5.74, 6) is -0.861. The van der Waals surface area contributed by atoms with Gasteiger partial charge in [-0.05, 0) is 32.4 Å². The van der Waals surface area contributed by atoms with Crippen LogP contribution in [0.15, 0.2) is 36.0 Å². The van der Waals surface area contributed by atoms with Crippen LogP contribution in [0.3, 0.4) is 0 Å². The molecule has 19 heavy (non-hydrogen) atoms. The summed E-state index contributed by atoms with van der Waals surface area (Å²) in [5, 5.41) is 2.50. The largest absolute Gasteiger partial charge is 0.455 e. The predicted molar refractivity (Wildman–Crippen MR) is 74.1 cm³/mol. The van der Waals surface area contributed by atoms with Crippen molar-refractivity contribution in [2.45, 2.75) is 33.3 Å². The number of amides is 1. The molecule has 0 aliphatic heterocycles. The molecule has 1 aromatic carbocycles. The zero-order valence-corrected chi connectivity index (χ0v) is 11.7. The Morgan fingerprint density at radius 2 is 1.74 bits per heavy atom. The third-order valence-electron chi connectivity index (χ3n) is 2.04. The molecule has 1 N–H and O–H groups in total. The van der Waals surface area contributed by atoms with Crippen LogP contribution in [0.4, 0.5) is 0 Å². The average molecular weight is 261 g/mol. The number of carbonyl (C=O) groups is 2. The minimum Gasteiger partial charge on any atom is -0.455 e. The highest BCUT2D eigenvalue weighted by atomic mass is 16.6. The predicted octanol–water partition coefficient (Wildman–Crippen LogP) is 2.51. The summed E-state index contributed by atoms with van der Waals surface area (Å²) < 4.78 is 5.25. The van der Waals surface area contributed by atoms with E-state index >= 15 is 0 Å². The van der Waals surface area contributed by atoms with E-state index in [0.29, 0.717) is 0 Å². The highest BCUT2D eigenvalue weighted by Crippen LogP contribution is 2.12. The Kier molecular flexibility index (Phi) is 4.87. The molecule has 0 heterocycles. The molecule has 0 saturated heterocycles. The first-order chi connectivity index (χ1) is 8.78. The van der Waals surface area contributed by atoms with E-state index in [1.807, 2.05) is 30.3 Å². The molecule has 0 fully saturated rings. The van der Waals surface area contributed by atoms with E-state index in [0.717, 1.165) is 5.56 Å². The minimum atomic E-state index is -0.606. The van der Waals surface area contributed by atoms with Gasteiger partial charge >= 0.3 is 5.97 Å². The van der Waals surface area contributed by atoms with Crippen molar-refractivity contribution in [2.24, 2.45) is 0 Å². The van der Waals surface area contributed by atoms with Gasteiger partial charge in [0.05, 0.1) is 0 Å². The van der Waals surface area contributed by atoms with Crippen LogP contribution in [0.5, 0.6) is 0 Å². The molecule has 4 nitrogen and oxygen atoms in total. The van der Waals surface area contributed by atoms with Gasteiger partial charge in [-0.3, -0.25) is 4.79 Å². The van der Waals surface area contributed by atoms with E-state index in [1.165, 1.54) is 6.92 Å². The zero-order chi connectivity index (χ0) is 14.5. The molecule has 0 bridgehead atoms. The molecule has 1 amide bonds. The lowest BCUT2D eigenvalue weighted by molar-refractivity contribution is -0.150. The lowest BCUT2D eigenvalue weighted by Gasteiger charge is -2.20. The molecule has 0 aliphatic carbocycles. The normalized spacial score (nSPS) is 11.9. The maximum absolute atomic E-state index is 12.0. The molecule has 0 aromatic heterocycles. The second-order valence-corrected chi connectivity index (χ2v) is 5.15. The molecule has 0 saturated carbocycles. The minimum absolute atomic E-state index is 0.133. The summed E-state index contributed by atoms with van der Waals surface area (Å²) in [6.45, 7) is 6.68. The molecule has 4 heteroatoms. The molecule has 1 rings (SSSR count). The van der Waals surface area contributed by atoms with Gasteiger partial charge in [-0.1, -0.05) is 30.3 Å². The Morgan fingerprint density at radius 3 is 2.21 bits per heavy atom. The number of nitrogens with one attached hydrogen (secondary N) is 1. The van der Waals surface area contributed by atoms with Crippen LogP contribution in [0.2, 0.25) is 0 Å². The lowest BCUT2D eigenvalue weighted by atomic mass is 10.1. The van der Waals surface area contributed by atoms with E-state index in [1.54, 1.807) is 26.8 Å². The molecule has 1 aromatic rings. The second kappa shape index (κ2) is 6.18. The van der Waals surface area contributed by atoms with Crippen LogP contribution in [0, 0.1) is 0 Å². The Bertz CT molecular complexity index is 484. The van der Waals surface area contributed by atoms with Crippen molar-refractivity contribution in [2.75, 3.05) is 0 Å². The number of ether oxygens (including phenoxy) is 1. The summed E-state index contributed by atoms with van der Waals surface area (Å²) in [6.07, 6.45) is 1.59. The monoisotopic (exact) mass is 261 g/mol. The molecule has 0 atom stereocenters. The summed E-state index contributed by atoms with van der Waals surface area (Å²) in [6, 6.07) is 9.26. The van der Waals surface area contributed by atoms with Crippen LogP contribution >= 0.6 is 0 Å². The Morgan fingerprint density at radius 1 is 1.16 bits per heavy atom. The fraction of sp³-hybridized carbons (Fsp3) is 0.333. The number of hydrogen-bond donors (Lipinski definition) is 1. The van der Waals surface area contributed by atoms with E-state index in [4.69, 9.17) is 4.74 Å². The van der Waals surface area contributed by atoms with Crippen LogP contribution in [0.1, 0.15) is 33.3 Å². The van der Waals surface area contributed by atoms with E-state index in [-0.39, 0.29) is 11.6 Å². The zero-order valence-electron chi connectivity index (χ0n) is 11.7. The van der Waals surface area contributed by atoms with Crippen molar-refractivity contribution >= 4 is 18.0 Å². The SMILES string of the molecule is CC(=O)N/C(=C\c1ccccc1)C(=O)OC(C)(C)C. The summed E-state index contributed by atoms with van der Waals surface area (Å²) in [7, 11) is 0. The molecular weight excluding hydrogens is 242 g/mol. The van der Waals surface area contributed by atoms with Crippen molar-refractivity contribution in [3.63, 3.8) is 0 Å². The van der Waals surface area contributed by atoms with E-state index in [2.05, 4.69) is 5.32 Å². The molecule has 0 spiro atoms. The maximum atomic E-state index is 12.0. The van der Waals surface area contributed by atoms with Crippen LogP contribution < -0.4 is 5.32 Å². The van der Waals surface area contributed by atoms with Gasteiger partial charge in [0.25, 0.3) is 0 Å². The van der Waals surface area contributed by atoms with E-state index < -0.39 is 11.6 Å². The van der Waals surface area contributed by atoms with Gasteiger partial charge in [-0.25, -0.2) is 4.79 Å². The number of benzene rings is 1. The fourth-order valence-electron chi connectivity index (χ4n) is 1.38. The Hall–Kier alpha value is -2.10. The quantitative estimate of drug-likeness (QED) is 0.672. The Labute approximate surface area is 113 Å². The van der Waals surface area contributed by atoms with Gasteiger partial charge in [0.1, 0.15) is 11.3 Å². The highest BCUT2D eigenvalue weighted by molar-refractivity contribution is 5.97. The molecule has 0 aliphatic rings. The summed E-state index contributed by atoms with van der Waals surface area (Å²) >= 11 is 0. The van der Waals surface area contributed by atoms with Gasteiger partial charge < -0.3 is 10.1 Å². The van der Waals surface area contributed by atoms with Crippen LogP contribution in [-0.2, 0) is 14.3 Å². The first-order valence-electron chi connectivity index (χ1n) is 6.05. The third kappa shape index (κ3) is 5.86. The van der Waals surface area contributed by atoms with Crippen molar-refractivity contribution in [3.8, 4) is 0 Å². The number of esters is 1. The molecule has 102 valence electrons. The first kappa shape index (κ1) is 15.0. The highest BCUT2D eigenvalue weighted by Gasteiger charge is 2.20.